The predicted octanol–water partition coefficient (Wildman–Crippen LogP) is 3.69. The van der Waals surface area contributed by atoms with Crippen molar-refractivity contribution in [3.05, 3.63) is 59.4 Å². The fraction of sp³-hybridized carbons (Fsp3) is 0.300. The summed E-state index contributed by atoms with van der Waals surface area (Å²) >= 11 is 0. The quantitative estimate of drug-likeness (QED) is 0.923. The van der Waals surface area contributed by atoms with Crippen LogP contribution in [0.5, 0.6) is 0 Å². The van der Waals surface area contributed by atoms with E-state index in [9.17, 15) is 14.0 Å². The highest BCUT2D eigenvalue weighted by molar-refractivity contribution is 6.04. The summed E-state index contributed by atoms with van der Waals surface area (Å²) in [6, 6.07) is 12.0. The third-order valence-corrected chi connectivity index (χ3v) is 4.61. The number of hydrogen-bond donors (Lipinski definition) is 1. The molecule has 0 bridgehead atoms. The Morgan fingerprint density at radius 1 is 1.28 bits per heavy atom. The molecule has 1 unspecified atom stereocenters. The van der Waals surface area contributed by atoms with Gasteiger partial charge in [0.25, 0.3) is 0 Å². The van der Waals surface area contributed by atoms with Crippen LogP contribution in [-0.4, -0.2) is 18.4 Å². The number of hydrogen-bond acceptors (Lipinski definition) is 2. The molecule has 2 amide bonds. The van der Waals surface area contributed by atoms with Crippen LogP contribution in [0, 0.1) is 18.7 Å². The number of benzene rings is 2. The van der Waals surface area contributed by atoms with Crippen molar-refractivity contribution < 1.29 is 14.0 Å². The first-order valence-electron chi connectivity index (χ1n) is 8.45. The van der Waals surface area contributed by atoms with Gasteiger partial charge in [0, 0.05) is 24.3 Å². The van der Waals surface area contributed by atoms with E-state index in [0.717, 1.165) is 17.7 Å². The fourth-order valence-electron chi connectivity index (χ4n) is 3.19. The molecule has 25 heavy (non-hydrogen) atoms. The minimum atomic E-state index is -0.415. The number of para-hydroxylation sites is 1. The molecule has 1 fully saturated rings. The monoisotopic (exact) mass is 340 g/mol. The van der Waals surface area contributed by atoms with E-state index >= 15 is 0 Å². The maximum atomic E-state index is 13.2. The lowest BCUT2D eigenvalue weighted by atomic mass is 10.1. The molecule has 2 aromatic rings. The molecular formula is C20H21FN2O2. The van der Waals surface area contributed by atoms with Gasteiger partial charge in [-0.25, -0.2) is 4.39 Å². The average Bonchev–Trinajstić information content (AvgIpc) is 2.99. The Morgan fingerprint density at radius 2 is 2.04 bits per heavy atom. The number of rotatable bonds is 4. The minimum absolute atomic E-state index is 0.0446. The van der Waals surface area contributed by atoms with Gasteiger partial charge in [0.15, 0.2) is 0 Å². The van der Waals surface area contributed by atoms with Gasteiger partial charge in [-0.1, -0.05) is 25.1 Å². The first kappa shape index (κ1) is 17.1. The second kappa shape index (κ2) is 7.05. The molecule has 3 rings (SSSR count). The van der Waals surface area contributed by atoms with Crippen molar-refractivity contribution >= 4 is 23.2 Å². The highest BCUT2D eigenvalue weighted by atomic mass is 19.1. The lowest BCUT2D eigenvalue weighted by molar-refractivity contribution is -0.122. The zero-order chi connectivity index (χ0) is 18.0. The van der Waals surface area contributed by atoms with Crippen molar-refractivity contribution in [1.82, 2.24) is 0 Å². The summed E-state index contributed by atoms with van der Waals surface area (Å²) in [6.45, 7) is 4.14. The average molecular weight is 340 g/mol. The second-order valence-electron chi connectivity index (χ2n) is 6.34. The number of nitrogens with one attached hydrogen (secondary N) is 1. The molecule has 0 radical (unpaired) electrons. The lowest BCUT2D eigenvalue weighted by Crippen LogP contribution is -2.28. The van der Waals surface area contributed by atoms with E-state index in [4.69, 9.17) is 0 Å². The third-order valence-electron chi connectivity index (χ3n) is 4.61. The zero-order valence-corrected chi connectivity index (χ0v) is 14.4. The van der Waals surface area contributed by atoms with Gasteiger partial charge in [-0.15, -0.1) is 0 Å². The van der Waals surface area contributed by atoms with Gasteiger partial charge in [-0.05, 0) is 48.7 Å². The first-order chi connectivity index (χ1) is 12.0. The van der Waals surface area contributed by atoms with E-state index in [1.54, 1.807) is 17.9 Å². The van der Waals surface area contributed by atoms with Gasteiger partial charge in [0.2, 0.25) is 11.8 Å². The molecule has 4 nitrogen and oxygen atoms in total. The van der Waals surface area contributed by atoms with Crippen LogP contribution in [-0.2, 0) is 16.0 Å². The standard InChI is InChI=1S/C20H21FN2O2/c1-3-14-6-4-5-7-18(14)23-12-15(11-19(23)24)20(25)22-17-9-8-16(21)10-13(17)2/h4-10,15H,3,11-12H2,1-2H3,(H,22,25). The molecule has 1 aliphatic rings. The van der Waals surface area contributed by atoms with Crippen molar-refractivity contribution in [2.24, 2.45) is 5.92 Å². The molecule has 0 aliphatic carbocycles. The Hall–Kier alpha value is -2.69. The SMILES string of the molecule is CCc1ccccc1N1CC(C(=O)Nc2ccc(F)cc2C)CC1=O. The van der Waals surface area contributed by atoms with Crippen LogP contribution in [0.4, 0.5) is 15.8 Å². The first-order valence-corrected chi connectivity index (χ1v) is 8.45. The van der Waals surface area contributed by atoms with Gasteiger partial charge in [-0.3, -0.25) is 9.59 Å². The van der Waals surface area contributed by atoms with Crippen LogP contribution >= 0.6 is 0 Å². The molecule has 1 saturated heterocycles. The maximum Gasteiger partial charge on any atom is 0.229 e. The van der Waals surface area contributed by atoms with Crippen LogP contribution in [0.15, 0.2) is 42.5 Å². The van der Waals surface area contributed by atoms with Crippen molar-refractivity contribution in [1.29, 1.82) is 0 Å². The normalized spacial score (nSPS) is 17.0. The van der Waals surface area contributed by atoms with Crippen molar-refractivity contribution in [2.75, 3.05) is 16.8 Å². The van der Waals surface area contributed by atoms with E-state index < -0.39 is 5.92 Å². The molecule has 1 heterocycles. The zero-order valence-electron chi connectivity index (χ0n) is 14.4. The lowest BCUT2D eigenvalue weighted by Gasteiger charge is -2.20. The van der Waals surface area contributed by atoms with Gasteiger partial charge >= 0.3 is 0 Å². The van der Waals surface area contributed by atoms with Crippen molar-refractivity contribution in [2.45, 2.75) is 26.7 Å². The van der Waals surface area contributed by atoms with Crippen molar-refractivity contribution in [3.63, 3.8) is 0 Å². The number of carbonyl (C=O) groups is 2. The molecule has 1 aliphatic heterocycles. The highest BCUT2D eigenvalue weighted by Gasteiger charge is 2.35. The Bertz CT molecular complexity index is 819. The maximum absolute atomic E-state index is 13.2. The number of carbonyl (C=O) groups excluding carboxylic acids is 2. The van der Waals surface area contributed by atoms with Crippen LogP contribution < -0.4 is 10.2 Å². The smallest absolute Gasteiger partial charge is 0.229 e. The number of anilines is 2. The molecule has 0 saturated carbocycles. The molecule has 130 valence electrons. The summed E-state index contributed by atoms with van der Waals surface area (Å²) in [5.41, 5.74) is 3.20. The Labute approximate surface area is 146 Å². The minimum Gasteiger partial charge on any atom is -0.326 e. The molecule has 2 aromatic carbocycles. The van der Waals surface area contributed by atoms with Gasteiger partial charge < -0.3 is 10.2 Å². The second-order valence-corrected chi connectivity index (χ2v) is 6.34. The summed E-state index contributed by atoms with van der Waals surface area (Å²) in [5, 5.41) is 2.82. The van der Waals surface area contributed by atoms with Crippen LogP contribution in [0.2, 0.25) is 0 Å². The van der Waals surface area contributed by atoms with Gasteiger partial charge in [0.05, 0.1) is 5.92 Å². The van der Waals surface area contributed by atoms with Crippen molar-refractivity contribution in [3.8, 4) is 0 Å². The number of halogens is 1. The van der Waals surface area contributed by atoms with Gasteiger partial charge in [0.1, 0.15) is 5.82 Å². The molecule has 1 N–H and O–H groups in total. The largest absolute Gasteiger partial charge is 0.326 e. The van der Waals surface area contributed by atoms with Crippen LogP contribution in [0.1, 0.15) is 24.5 Å². The summed E-state index contributed by atoms with van der Waals surface area (Å²) in [7, 11) is 0. The molecular weight excluding hydrogens is 319 g/mol. The summed E-state index contributed by atoms with van der Waals surface area (Å²) in [6.07, 6.45) is 1.01. The summed E-state index contributed by atoms with van der Waals surface area (Å²) in [4.78, 5) is 26.7. The van der Waals surface area contributed by atoms with Crippen LogP contribution in [0.25, 0.3) is 0 Å². The molecule has 0 spiro atoms. The predicted molar refractivity (Wildman–Crippen MR) is 96.0 cm³/mol. The van der Waals surface area contributed by atoms with E-state index in [1.807, 2.05) is 31.2 Å². The van der Waals surface area contributed by atoms with E-state index in [1.165, 1.54) is 12.1 Å². The summed E-state index contributed by atoms with van der Waals surface area (Å²) in [5.74, 6) is -1.01. The van der Waals surface area contributed by atoms with E-state index in [-0.39, 0.29) is 24.1 Å². The third kappa shape index (κ3) is 3.55. The molecule has 5 heteroatoms. The Morgan fingerprint density at radius 3 is 2.76 bits per heavy atom. The fourth-order valence-corrected chi connectivity index (χ4v) is 3.19. The topological polar surface area (TPSA) is 49.4 Å². The molecule has 0 aromatic heterocycles. The molecule has 1 atom stereocenters. The van der Waals surface area contributed by atoms with Crippen LogP contribution in [0.3, 0.4) is 0 Å². The highest BCUT2D eigenvalue weighted by Crippen LogP contribution is 2.29. The number of nitrogens with zero attached hydrogens (tertiary/aromatic N) is 1. The number of aryl methyl sites for hydroxylation is 2. The van der Waals surface area contributed by atoms with Gasteiger partial charge in [-0.2, -0.15) is 0 Å². The number of amides is 2. The van der Waals surface area contributed by atoms with E-state index in [0.29, 0.717) is 17.8 Å². The Kier molecular flexibility index (Phi) is 4.83. The summed E-state index contributed by atoms with van der Waals surface area (Å²) < 4.78 is 13.2. The van der Waals surface area contributed by atoms with E-state index in [2.05, 4.69) is 5.32 Å². The Balaban J connectivity index is 1.74.